The molecule has 2 heterocycles. The molecule has 1 N–H and O–H groups in total. The summed E-state index contributed by atoms with van der Waals surface area (Å²) in [6, 6.07) is 1.86. The summed E-state index contributed by atoms with van der Waals surface area (Å²) in [6.07, 6.45) is 2.73. The molecule has 0 saturated carbocycles. The second kappa shape index (κ2) is 5.44. The van der Waals surface area contributed by atoms with E-state index in [2.05, 4.69) is 10.1 Å². The highest BCUT2D eigenvalue weighted by Gasteiger charge is 2.11. The first kappa shape index (κ1) is 13.6. The lowest BCUT2D eigenvalue weighted by molar-refractivity contribution is 0.591. The van der Waals surface area contributed by atoms with Gasteiger partial charge in [-0.1, -0.05) is 18.5 Å². The highest BCUT2D eigenvalue weighted by atomic mass is 35.5. The maximum absolute atomic E-state index is 12.1. The van der Waals surface area contributed by atoms with Gasteiger partial charge in [0.2, 0.25) is 0 Å². The van der Waals surface area contributed by atoms with E-state index >= 15 is 0 Å². The van der Waals surface area contributed by atoms with Crippen molar-refractivity contribution in [1.29, 1.82) is 0 Å². The Morgan fingerprint density at radius 3 is 2.74 bits per heavy atom. The Balaban J connectivity index is 2.33. The molecule has 0 atom stereocenters. The Hall–Kier alpha value is -1.82. The van der Waals surface area contributed by atoms with E-state index in [-0.39, 0.29) is 10.7 Å². The third-order valence-electron chi connectivity index (χ3n) is 3.10. The summed E-state index contributed by atoms with van der Waals surface area (Å²) in [5.41, 5.74) is 0.596. The zero-order chi connectivity index (χ0) is 14.0. The molecule has 0 spiro atoms. The SMILES string of the molecule is CCc1c(Cl)[nH]c(=O)n(CCc2ccnn2C)c1=O. The molecular weight excluding hydrogens is 268 g/mol. The van der Waals surface area contributed by atoms with Crippen LogP contribution in [0.25, 0.3) is 0 Å². The van der Waals surface area contributed by atoms with E-state index in [9.17, 15) is 9.59 Å². The number of aromatic nitrogens is 4. The summed E-state index contributed by atoms with van der Waals surface area (Å²) in [6.45, 7) is 2.13. The number of hydrogen-bond acceptors (Lipinski definition) is 3. The Bertz CT molecular complexity index is 698. The largest absolute Gasteiger partial charge is 0.329 e. The third-order valence-corrected chi connectivity index (χ3v) is 3.42. The van der Waals surface area contributed by atoms with Crippen LogP contribution in [0.5, 0.6) is 0 Å². The number of aryl methyl sites for hydroxylation is 2. The fourth-order valence-corrected chi connectivity index (χ4v) is 2.26. The molecular formula is C12H15ClN4O2. The average Bonchev–Trinajstić information content (AvgIpc) is 2.75. The van der Waals surface area contributed by atoms with Crippen molar-refractivity contribution in [2.75, 3.05) is 0 Å². The number of H-pyrrole nitrogens is 1. The van der Waals surface area contributed by atoms with Crippen LogP contribution in [-0.4, -0.2) is 19.3 Å². The molecule has 0 aromatic carbocycles. The number of rotatable bonds is 4. The predicted octanol–water partition coefficient (Wildman–Crippen LogP) is 0.729. The van der Waals surface area contributed by atoms with Gasteiger partial charge in [-0.05, 0) is 12.5 Å². The van der Waals surface area contributed by atoms with Gasteiger partial charge in [-0.15, -0.1) is 0 Å². The van der Waals surface area contributed by atoms with Gasteiger partial charge in [0.15, 0.2) is 0 Å². The first-order valence-electron chi connectivity index (χ1n) is 6.03. The van der Waals surface area contributed by atoms with Crippen molar-refractivity contribution in [3.05, 3.63) is 49.5 Å². The van der Waals surface area contributed by atoms with Gasteiger partial charge in [0.05, 0.1) is 5.56 Å². The molecule has 0 saturated heterocycles. The Morgan fingerprint density at radius 1 is 1.42 bits per heavy atom. The maximum atomic E-state index is 12.1. The molecule has 0 radical (unpaired) electrons. The van der Waals surface area contributed by atoms with Crippen molar-refractivity contribution in [3.63, 3.8) is 0 Å². The summed E-state index contributed by atoms with van der Waals surface area (Å²) in [5, 5.41) is 4.18. The molecule has 2 rings (SSSR count). The van der Waals surface area contributed by atoms with Crippen LogP contribution in [-0.2, 0) is 26.4 Å². The van der Waals surface area contributed by atoms with E-state index in [1.165, 1.54) is 4.57 Å². The molecule has 7 heteroatoms. The van der Waals surface area contributed by atoms with Crippen molar-refractivity contribution < 1.29 is 0 Å². The zero-order valence-corrected chi connectivity index (χ0v) is 11.6. The first-order chi connectivity index (χ1) is 9.04. The van der Waals surface area contributed by atoms with Crippen molar-refractivity contribution in [2.24, 2.45) is 7.05 Å². The lowest BCUT2D eigenvalue weighted by atomic mass is 10.2. The minimum atomic E-state index is -0.477. The molecule has 0 unspecified atom stereocenters. The van der Waals surface area contributed by atoms with Crippen molar-refractivity contribution in [3.8, 4) is 0 Å². The Morgan fingerprint density at radius 2 is 2.16 bits per heavy atom. The number of hydrogen-bond donors (Lipinski definition) is 1. The highest BCUT2D eigenvalue weighted by Crippen LogP contribution is 2.06. The average molecular weight is 283 g/mol. The zero-order valence-electron chi connectivity index (χ0n) is 10.8. The second-order valence-electron chi connectivity index (χ2n) is 4.23. The smallest absolute Gasteiger partial charge is 0.297 e. The van der Waals surface area contributed by atoms with Crippen molar-refractivity contribution in [2.45, 2.75) is 26.3 Å². The van der Waals surface area contributed by atoms with E-state index in [4.69, 9.17) is 11.6 Å². The monoisotopic (exact) mass is 282 g/mol. The number of halogens is 1. The van der Waals surface area contributed by atoms with Crippen LogP contribution in [0.15, 0.2) is 21.9 Å². The van der Waals surface area contributed by atoms with E-state index in [1.807, 2.05) is 20.0 Å². The second-order valence-corrected chi connectivity index (χ2v) is 4.61. The van der Waals surface area contributed by atoms with Crippen LogP contribution in [0, 0.1) is 0 Å². The number of nitrogens with one attached hydrogen (secondary N) is 1. The van der Waals surface area contributed by atoms with Gasteiger partial charge < -0.3 is 0 Å². The van der Waals surface area contributed by atoms with Crippen molar-refractivity contribution >= 4 is 11.6 Å². The fourth-order valence-electron chi connectivity index (χ4n) is 1.97. The van der Waals surface area contributed by atoms with Gasteiger partial charge in [-0.3, -0.25) is 19.0 Å². The summed E-state index contributed by atoms with van der Waals surface area (Å²) in [7, 11) is 1.82. The molecule has 0 bridgehead atoms. The normalized spacial score (nSPS) is 10.9. The first-order valence-corrected chi connectivity index (χ1v) is 6.40. The molecule has 2 aromatic heterocycles. The quantitative estimate of drug-likeness (QED) is 0.840. The topological polar surface area (TPSA) is 72.7 Å². The van der Waals surface area contributed by atoms with Gasteiger partial charge in [0.1, 0.15) is 5.15 Å². The standard InChI is InChI=1S/C12H15ClN4O2/c1-3-9-10(13)15-12(19)17(11(9)18)7-5-8-4-6-14-16(8)2/h4,6H,3,5,7H2,1-2H3,(H,15,19). The molecule has 19 heavy (non-hydrogen) atoms. The van der Waals surface area contributed by atoms with E-state index in [1.54, 1.807) is 10.9 Å². The Labute approximate surface area is 114 Å². The van der Waals surface area contributed by atoms with E-state index in [0.717, 1.165) is 5.69 Å². The molecule has 0 aliphatic heterocycles. The van der Waals surface area contributed by atoms with Crippen molar-refractivity contribution in [1.82, 2.24) is 19.3 Å². The summed E-state index contributed by atoms with van der Waals surface area (Å²) in [4.78, 5) is 26.4. The van der Waals surface area contributed by atoms with Gasteiger partial charge in [-0.2, -0.15) is 5.10 Å². The maximum Gasteiger partial charge on any atom is 0.329 e. The van der Waals surface area contributed by atoms with E-state index in [0.29, 0.717) is 24.9 Å². The van der Waals surface area contributed by atoms with Crippen LogP contribution in [0.3, 0.4) is 0 Å². The lowest BCUT2D eigenvalue weighted by Gasteiger charge is -2.08. The van der Waals surface area contributed by atoms with Gasteiger partial charge in [0.25, 0.3) is 5.56 Å². The molecule has 0 fully saturated rings. The molecule has 2 aromatic rings. The predicted molar refractivity (Wildman–Crippen MR) is 72.6 cm³/mol. The van der Waals surface area contributed by atoms with Gasteiger partial charge >= 0.3 is 5.69 Å². The molecule has 102 valence electrons. The number of nitrogens with zero attached hydrogens (tertiary/aromatic N) is 3. The van der Waals surface area contributed by atoms with Crippen LogP contribution in [0.4, 0.5) is 0 Å². The molecule has 6 nitrogen and oxygen atoms in total. The molecule has 0 amide bonds. The summed E-state index contributed by atoms with van der Waals surface area (Å²) in [5.74, 6) is 0. The Kier molecular flexibility index (Phi) is 3.90. The lowest BCUT2D eigenvalue weighted by Crippen LogP contribution is -2.38. The van der Waals surface area contributed by atoms with Crippen LogP contribution >= 0.6 is 11.6 Å². The van der Waals surface area contributed by atoms with Crippen LogP contribution in [0.1, 0.15) is 18.2 Å². The minimum absolute atomic E-state index is 0.134. The van der Waals surface area contributed by atoms with E-state index < -0.39 is 5.69 Å². The highest BCUT2D eigenvalue weighted by molar-refractivity contribution is 6.30. The van der Waals surface area contributed by atoms with Crippen LogP contribution in [0.2, 0.25) is 5.15 Å². The summed E-state index contributed by atoms with van der Waals surface area (Å²) >= 11 is 5.85. The summed E-state index contributed by atoms with van der Waals surface area (Å²) < 4.78 is 2.90. The third kappa shape index (κ3) is 2.63. The molecule has 0 aliphatic rings. The van der Waals surface area contributed by atoms with Gasteiger partial charge in [0, 0.05) is 31.9 Å². The molecule has 0 aliphatic carbocycles. The minimum Gasteiger partial charge on any atom is -0.297 e. The van der Waals surface area contributed by atoms with Gasteiger partial charge in [-0.25, -0.2) is 4.79 Å². The number of aromatic amines is 1. The fraction of sp³-hybridized carbons (Fsp3) is 0.417. The van der Waals surface area contributed by atoms with Crippen LogP contribution < -0.4 is 11.2 Å².